The van der Waals surface area contributed by atoms with E-state index in [1.807, 2.05) is 13.8 Å². The van der Waals surface area contributed by atoms with Gasteiger partial charge in [0, 0.05) is 11.1 Å². The maximum Gasteiger partial charge on any atom is 0.315 e. The van der Waals surface area contributed by atoms with Crippen LogP contribution in [0.4, 0.5) is 9.18 Å². The number of hydrogen-bond acceptors (Lipinski definition) is 4. The topological polar surface area (TPSA) is 63.2 Å². The molecule has 1 aromatic carbocycles. The molecule has 2 unspecified atom stereocenters. The van der Waals surface area contributed by atoms with Crippen LogP contribution in [0.2, 0.25) is 0 Å². The number of urea groups is 1. The first-order chi connectivity index (χ1) is 11.0. The van der Waals surface area contributed by atoms with E-state index in [1.54, 1.807) is 42.7 Å². The molecule has 0 aliphatic heterocycles. The molecule has 2 N–H and O–H groups in total. The summed E-state index contributed by atoms with van der Waals surface area (Å²) >= 11 is 1.55. The third-order valence-electron chi connectivity index (χ3n) is 3.06. The van der Waals surface area contributed by atoms with Crippen LogP contribution in [0.25, 0.3) is 0 Å². The average molecular weight is 337 g/mol. The number of aryl methyl sites for hydroxylation is 1. The fourth-order valence-corrected chi connectivity index (χ4v) is 2.69. The summed E-state index contributed by atoms with van der Waals surface area (Å²) in [7, 11) is 0. The number of benzene rings is 1. The van der Waals surface area contributed by atoms with Crippen LogP contribution in [0.5, 0.6) is 5.75 Å². The van der Waals surface area contributed by atoms with Gasteiger partial charge in [-0.15, -0.1) is 11.3 Å². The van der Waals surface area contributed by atoms with Crippen molar-refractivity contribution in [1.82, 2.24) is 15.6 Å². The third kappa shape index (κ3) is 5.21. The van der Waals surface area contributed by atoms with Crippen LogP contribution in [0, 0.1) is 12.7 Å². The summed E-state index contributed by atoms with van der Waals surface area (Å²) in [6, 6.07) is 5.43. The van der Waals surface area contributed by atoms with Gasteiger partial charge in [-0.1, -0.05) is 12.1 Å². The molecule has 1 heterocycles. The van der Waals surface area contributed by atoms with E-state index in [2.05, 4.69) is 15.6 Å². The van der Waals surface area contributed by atoms with Crippen molar-refractivity contribution in [3.8, 4) is 5.75 Å². The summed E-state index contributed by atoms with van der Waals surface area (Å²) in [5.74, 6) is -0.245. The number of carbonyl (C=O) groups excluding carboxylic acids is 1. The van der Waals surface area contributed by atoms with Gasteiger partial charge in [0.25, 0.3) is 0 Å². The Hall–Kier alpha value is -2.15. The molecular formula is C16H20FN3O2S. The zero-order chi connectivity index (χ0) is 16.8. The lowest BCUT2D eigenvalue weighted by Crippen LogP contribution is -2.44. The molecule has 0 radical (unpaired) electrons. The van der Waals surface area contributed by atoms with Crippen molar-refractivity contribution in [3.63, 3.8) is 0 Å². The Labute approximate surface area is 138 Å². The van der Waals surface area contributed by atoms with Crippen molar-refractivity contribution in [2.75, 3.05) is 6.61 Å². The minimum atomic E-state index is -0.420. The number of amides is 2. The van der Waals surface area contributed by atoms with E-state index in [-0.39, 0.29) is 30.5 Å². The van der Waals surface area contributed by atoms with Crippen molar-refractivity contribution in [1.29, 1.82) is 0 Å². The molecule has 0 saturated heterocycles. The van der Waals surface area contributed by atoms with Crippen molar-refractivity contribution in [2.45, 2.75) is 32.9 Å². The fraction of sp³-hybridized carbons (Fsp3) is 0.375. The van der Waals surface area contributed by atoms with E-state index in [0.717, 1.165) is 9.88 Å². The first kappa shape index (κ1) is 17.2. The number of hydrogen-bond donors (Lipinski definition) is 2. The predicted octanol–water partition coefficient (Wildman–Crippen LogP) is 3.42. The second kappa shape index (κ2) is 7.92. The summed E-state index contributed by atoms with van der Waals surface area (Å²) in [6.07, 6.45) is 1.78. The number of para-hydroxylation sites is 1. The van der Waals surface area contributed by atoms with Crippen LogP contribution in [-0.4, -0.2) is 23.7 Å². The van der Waals surface area contributed by atoms with Gasteiger partial charge in [0.05, 0.1) is 12.1 Å². The Kier molecular flexibility index (Phi) is 5.92. The van der Waals surface area contributed by atoms with Crippen LogP contribution < -0.4 is 15.4 Å². The lowest BCUT2D eigenvalue weighted by Gasteiger charge is -2.17. The minimum Gasteiger partial charge on any atom is -0.488 e. The SMILES string of the molecule is Cc1cnc(C(C)NC(=O)NC(C)COc2ccccc2F)s1. The molecule has 0 fully saturated rings. The molecule has 2 aromatic rings. The molecule has 0 aliphatic carbocycles. The molecule has 5 nitrogen and oxygen atoms in total. The summed E-state index contributed by atoms with van der Waals surface area (Å²) in [4.78, 5) is 17.3. The van der Waals surface area contributed by atoms with Crippen LogP contribution >= 0.6 is 11.3 Å². The lowest BCUT2D eigenvalue weighted by molar-refractivity contribution is 0.222. The van der Waals surface area contributed by atoms with E-state index in [9.17, 15) is 9.18 Å². The fourth-order valence-electron chi connectivity index (χ4n) is 1.91. The van der Waals surface area contributed by atoms with E-state index in [4.69, 9.17) is 4.74 Å². The van der Waals surface area contributed by atoms with E-state index < -0.39 is 5.82 Å². The third-order valence-corrected chi connectivity index (χ3v) is 4.16. The number of nitrogens with zero attached hydrogens (tertiary/aromatic N) is 1. The molecule has 2 atom stereocenters. The molecule has 124 valence electrons. The lowest BCUT2D eigenvalue weighted by atomic mass is 10.3. The van der Waals surface area contributed by atoms with Gasteiger partial charge in [-0.05, 0) is 32.9 Å². The van der Waals surface area contributed by atoms with Gasteiger partial charge in [0.15, 0.2) is 11.6 Å². The number of rotatable bonds is 6. The van der Waals surface area contributed by atoms with Crippen molar-refractivity contribution in [3.05, 3.63) is 46.2 Å². The Morgan fingerprint density at radius 1 is 1.35 bits per heavy atom. The van der Waals surface area contributed by atoms with Crippen molar-refractivity contribution >= 4 is 17.4 Å². The molecule has 1 aromatic heterocycles. The van der Waals surface area contributed by atoms with Crippen molar-refractivity contribution < 1.29 is 13.9 Å². The van der Waals surface area contributed by atoms with E-state index >= 15 is 0 Å². The molecule has 23 heavy (non-hydrogen) atoms. The first-order valence-corrected chi connectivity index (χ1v) is 8.14. The second-order valence-corrected chi connectivity index (χ2v) is 6.56. The Morgan fingerprint density at radius 3 is 2.74 bits per heavy atom. The number of carbonyl (C=O) groups is 1. The minimum absolute atomic E-state index is 0.173. The van der Waals surface area contributed by atoms with E-state index in [1.165, 1.54) is 6.07 Å². The standard InChI is InChI=1S/C16H20FN3O2S/c1-10(9-22-14-7-5-4-6-13(14)17)19-16(21)20-12(3)15-18-8-11(2)23-15/h4-8,10,12H,9H2,1-3H3,(H2,19,20,21). The number of thiazole rings is 1. The Morgan fingerprint density at radius 2 is 2.09 bits per heavy atom. The highest BCUT2D eigenvalue weighted by atomic mass is 32.1. The second-order valence-electron chi connectivity index (χ2n) is 5.29. The Balaban J connectivity index is 1.77. The summed E-state index contributed by atoms with van der Waals surface area (Å²) in [6.45, 7) is 5.81. The van der Waals surface area contributed by atoms with Gasteiger partial charge in [-0.3, -0.25) is 0 Å². The highest BCUT2D eigenvalue weighted by Gasteiger charge is 2.14. The molecule has 0 aliphatic rings. The number of ether oxygens (including phenoxy) is 1. The maximum absolute atomic E-state index is 13.4. The molecule has 0 bridgehead atoms. The van der Waals surface area contributed by atoms with Gasteiger partial charge in [0.2, 0.25) is 0 Å². The van der Waals surface area contributed by atoms with Crippen LogP contribution in [0.1, 0.15) is 29.8 Å². The molecule has 2 amide bonds. The molecule has 7 heteroatoms. The number of aromatic nitrogens is 1. The van der Waals surface area contributed by atoms with E-state index in [0.29, 0.717) is 0 Å². The van der Waals surface area contributed by atoms with Gasteiger partial charge in [-0.2, -0.15) is 0 Å². The molecule has 2 rings (SSSR count). The number of nitrogens with one attached hydrogen (secondary N) is 2. The summed E-state index contributed by atoms with van der Waals surface area (Å²) < 4.78 is 18.8. The van der Waals surface area contributed by atoms with Gasteiger partial charge in [-0.25, -0.2) is 14.2 Å². The normalized spacial score (nSPS) is 13.2. The molecular weight excluding hydrogens is 317 g/mol. The zero-order valence-corrected chi connectivity index (χ0v) is 14.1. The Bertz CT molecular complexity index is 662. The molecule has 0 saturated carbocycles. The largest absolute Gasteiger partial charge is 0.488 e. The van der Waals surface area contributed by atoms with Crippen molar-refractivity contribution in [2.24, 2.45) is 0 Å². The average Bonchev–Trinajstić information content (AvgIpc) is 2.93. The number of halogens is 1. The highest BCUT2D eigenvalue weighted by Crippen LogP contribution is 2.18. The van der Waals surface area contributed by atoms with Gasteiger partial charge in [0.1, 0.15) is 11.6 Å². The zero-order valence-electron chi connectivity index (χ0n) is 13.3. The van der Waals surface area contributed by atoms with Gasteiger partial charge >= 0.3 is 6.03 Å². The summed E-state index contributed by atoms with van der Waals surface area (Å²) in [5.41, 5.74) is 0. The maximum atomic E-state index is 13.4. The predicted molar refractivity (Wildman–Crippen MR) is 88.3 cm³/mol. The van der Waals surface area contributed by atoms with Crippen LogP contribution in [-0.2, 0) is 0 Å². The van der Waals surface area contributed by atoms with Crippen LogP contribution in [0.3, 0.4) is 0 Å². The van der Waals surface area contributed by atoms with Gasteiger partial charge < -0.3 is 15.4 Å². The molecule has 0 spiro atoms. The monoisotopic (exact) mass is 337 g/mol. The summed E-state index contributed by atoms with van der Waals surface area (Å²) in [5, 5.41) is 6.43. The highest BCUT2D eigenvalue weighted by molar-refractivity contribution is 7.11. The van der Waals surface area contributed by atoms with Crippen LogP contribution in [0.15, 0.2) is 30.5 Å². The first-order valence-electron chi connectivity index (χ1n) is 7.32. The quantitative estimate of drug-likeness (QED) is 0.849. The smallest absolute Gasteiger partial charge is 0.315 e.